The summed E-state index contributed by atoms with van der Waals surface area (Å²) in [4.78, 5) is 41.2. The molecule has 0 aromatic heterocycles. The van der Waals surface area contributed by atoms with Gasteiger partial charge < -0.3 is 16.0 Å². The number of carbonyl (C=O) groups excluding carboxylic acids is 3. The molecule has 1 aromatic carbocycles. The molecule has 6 atom stereocenters. The first-order valence-corrected chi connectivity index (χ1v) is 18.0. The van der Waals surface area contributed by atoms with E-state index in [0.717, 1.165) is 57.8 Å². The molecule has 6 heteroatoms. The van der Waals surface area contributed by atoms with Crippen molar-refractivity contribution in [3.63, 3.8) is 0 Å². The Hall–Kier alpha value is -2.37. The monoisotopic (exact) mass is 621 g/mol. The summed E-state index contributed by atoms with van der Waals surface area (Å²) in [6, 6.07) is 5.35. The average Bonchev–Trinajstić information content (AvgIpc) is 2.96. The van der Waals surface area contributed by atoms with Gasteiger partial charge in [0.2, 0.25) is 0 Å². The topological polar surface area (TPSA) is 87.3 Å². The number of rotatable bonds is 6. The smallest absolute Gasteiger partial charge is 0.251 e. The Bertz CT molecular complexity index is 1040. The van der Waals surface area contributed by atoms with Crippen LogP contribution in [0.5, 0.6) is 0 Å². The van der Waals surface area contributed by atoms with Crippen molar-refractivity contribution in [3.05, 3.63) is 34.9 Å². The molecule has 6 unspecified atom stereocenters. The Morgan fingerprint density at radius 2 is 0.711 bits per heavy atom. The van der Waals surface area contributed by atoms with Crippen molar-refractivity contribution in [2.75, 3.05) is 0 Å². The van der Waals surface area contributed by atoms with Gasteiger partial charge in [-0.2, -0.15) is 0 Å². The second-order valence-corrected chi connectivity index (χ2v) is 18.0. The minimum Gasteiger partial charge on any atom is -0.349 e. The van der Waals surface area contributed by atoms with Crippen molar-refractivity contribution in [2.45, 2.75) is 157 Å². The van der Waals surface area contributed by atoms with Crippen molar-refractivity contribution >= 4 is 17.7 Å². The molecule has 0 heterocycles. The maximum absolute atomic E-state index is 13.7. The number of amides is 3. The molecule has 3 N–H and O–H groups in total. The molecule has 0 spiro atoms. The molecule has 3 amide bonds. The van der Waals surface area contributed by atoms with Gasteiger partial charge in [-0.3, -0.25) is 14.4 Å². The third-order valence-corrected chi connectivity index (χ3v) is 11.4. The van der Waals surface area contributed by atoms with E-state index in [2.05, 4.69) is 78.3 Å². The lowest BCUT2D eigenvalue weighted by Gasteiger charge is -2.38. The van der Waals surface area contributed by atoms with E-state index in [1.54, 1.807) is 18.2 Å². The maximum Gasteiger partial charge on any atom is 0.251 e. The summed E-state index contributed by atoms with van der Waals surface area (Å²) in [7, 11) is 0. The Morgan fingerprint density at radius 3 is 0.933 bits per heavy atom. The van der Waals surface area contributed by atoms with Gasteiger partial charge in [-0.05, 0) is 110 Å². The van der Waals surface area contributed by atoms with Crippen molar-refractivity contribution in [2.24, 2.45) is 34.0 Å². The summed E-state index contributed by atoms with van der Waals surface area (Å²) in [5.41, 5.74) is 1.75. The first-order chi connectivity index (χ1) is 20.9. The number of carbonyl (C=O) groups is 3. The van der Waals surface area contributed by atoms with Crippen LogP contribution in [0.3, 0.4) is 0 Å². The zero-order valence-corrected chi connectivity index (χ0v) is 29.9. The van der Waals surface area contributed by atoms with E-state index >= 15 is 0 Å². The summed E-state index contributed by atoms with van der Waals surface area (Å²) in [5, 5.41) is 9.82. The van der Waals surface area contributed by atoms with Crippen LogP contribution in [0.15, 0.2) is 18.2 Å². The third kappa shape index (κ3) is 9.81. The molecule has 0 radical (unpaired) electrons. The minimum absolute atomic E-state index is 0.0957. The fourth-order valence-electron chi connectivity index (χ4n) is 8.15. The molecule has 6 nitrogen and oxygen atoms in total. The molecule has 4 rings (SSSR count). The SMILES string of the molecule is CC(C)(C)C1CCCC(NC(=O)c2cc(C(=O)NC3CCCC(C(C)(C)C)C3)cc(C(=O)NC3CCCC(C(C)(C)C)C3)c2)C1. The van der Waals surface area contributed by atoms with E-state index in [9.17, 15) is 14.4 Å². The lowest BCUT2D eigenvalue weighted by molar-refractivity contribution is 0.0889. The van der Waals surface area contributed by atoms with Gasteiger partial charge in [0, 0.05) is 34.8 Å². The van der Waals surface area contributed by atoms with Crippen LogP contribution in [0.2, 0.25) is 0 Å². The summed E-state index contributed by atoms with van der Waals surface area (Å²) in [6.45, 7) is 20.5. The van der Waals surface area contributed by atoms with Gasteiger partial charge in [0.05, 0.1) is 0 Å². The number of hydrogen-bond donors (Lipinski definition) is 3. The Morgan fingerprint density at radius 1 is 0.467 bits per heavy atom. The summed E-state index contributed by atoms with van der Waals surface area (Å²) < 4.78 is 0. The fraction of sp³-hybridized carbons (Fsp3) is 0.769. The second-order valence-electron chi connectivity index (χ2n) is 18.0. The van der Waals surface area contributed by atoms with Crippen LogP contribution in [-0.4, -0.2) is 35.8 Å². The molecule has 0 saturated heterocycles. The van der Waals surface area contributed by atoms with E-state index in [-0.39, 0.29) is 52.1 Å². The summed E-state index contributed by atoms with van der Waals surface area (Å²) in [6.07, 6.45) is 12.6. The molecular weight excluding hydrogens is 558 g/mol. The largest absolute Gasteiger partial charge is 0.349 e. The predicted octanol–water partition coefficient (Wildman–Crippen LogP) is 8.69. The third-order valence-electron chi connectivity index (χ3n) is 11.4. The van der Waals surface area contributed by atoms with Crippen LogP contribution in [0.4, 0.5) is 0 Å². The molecule has 3 aliphatic carbocycles. The Balaban J connectivity index is 1.55. The number of nitrogens with one attached hydrogen (secondary N) is 3. The van der Waals surface area contributed by atoms with Crippen molar-refractivity contribution in [1.29, 1.82) is 0 Å². The van der Waals surface area contributed by atoms with Crippen LogP contribution in [0.25, 0.3) is 0 Å². The van der Waals surface area contributed by atoms with Crippen molar-refractivity contribution in [3.8, 4) is 0 Å². The van der Waals surface area contributed by atoms with Gasteiger partial charge in [0.1, 0.15) is 0 Å². The van der Waals surface area contributed by atoms with Crippen molar-refractivity contribution < 1.29 is 14.4 Å². The van der Waals surface area contributed by atoms with Gasteiger partial charge in [0.15, 0.2) is 0 Å². The highest BCUT2D eigenvalue weighted by Gasteiger charge is 2.34. The molecular formula is C39H63N3O3. The van der Waals surface area contributed by atoms with E-state index in [1.807, 2.05) is 0 Å². The molecule has 3 fully saturated rings. The van der Waals surface area contributed by atoms with E-state index in [1.165, 1.54) is 19.3 Å². The van der Waals surface area contributed by atoms with E-state index < -0.39 is 0 Å². The predicted molar refractivity (Wildman–Crippen MR) is 184 cm³/mol. The number of hydrogen-bond acceptors (Lipinski definition) is 3. The van der Waals surface area contributed by atoms with E-state index in [0.29, 0.717) is 34.4 Å². The zero-order chi connectivity index (χ0) is 33.2. The van der Waals surface area contributed by atoms with Crippen LogP contribution in [0, 0.1) is 34.0 Å². The zero-order valence-electron chi connectivity index (χ0n) is 29.9. The molecule has 0 bridgehead atoms. The first kappa shape index (κ1) is 35.5. The summed E-state index contributed by atoms with van der Waals surface area (Å²) in [5.74, 6) is 1.05. The normalized spacial score (nSPS) is 28.2. The lowest BCUT2D eigenvalue weighted by atomic mass is 9.71. The highest BCUT2D eigenvalue weighted by atomic mass is 16.2. The van der Waals surface area contributed by atoms with Crippen LogP contribution in [-0.2, 0) is 0 Å². The summed E-state index contributed by atoms with van der Waals surface area (Å²) >= 11 is 0. The Labute approximate surface area is 274 Å². The van der Waals surface area contributed by atoms with Crippen molar-refractivity contribution in [1.82, 2.24) is 16.0 Å². The van der Waals surface area contributed by atoms with Crippen LogP contribution in [0.1, 0.15) is 170 Å². The maximum atomic E-state index is 13.7. The lowest BCUT2D eigenvalue weighted by Crippen LogP contribution is -2.42. The second kappa shape index (κ2) is 14.2. The first-order valence-electron chi connectivity index (χ1n) is 18.0. The van der Waals surface area contributed by atoms with Gasteiger partial charge >= 0.3 is 0 Å². The molecule has 45 heavy (non-hydrogen) atoms. The number of benzene rings is 1. The van der Waals surface area contributed by atoms with Gasteiger partial charge in [-0.1, -0.05) is 81.6 Å². The molecule has 252 valence electrons. The minimum atomic E-state index is -0.200. The molecule has 3 aliphatic rings. The fourth-order valence-corrected chi connectivity index (χ4v) is 8.15. The van der Waals surface area contributed by atoms with Gasteiger partial charge in [0.25, 0.3) is 17.7 Å². The van der Waals surface area contributed by atoms with E-state index in [4.69, 9.17) is 0 Å². The van der Waals surface area contributed by atoms with Gasteiger partial charge in [-0.25, -0.2) is 0 Å². The highest BCUT2D eigenvalue weighted by molar-refractivity contribution is 6.04. The highest BCUT2D eigenvalue weighted by Crippen LogP contribution is 2.40. The molecule has 0 aliphatic heterocycles. The quantitative estimate of drug-likeness (QED) is 0.297. The van der Waals surface area contributed by atoms with Crippen LogP contribution >= 0.6 is 0 Å². The van der Waals surface area contributed by atoms with Gasteiger partial charge in [-0.15, -0.1) is 0 Å². The van der Waals surface area contributed by atoms with Crippen LogP contribution < -0.4 is 16.0 Å². The Kier molecular flexibility index (Phi) is 11.2. The standard InChI is InChI=1S/C39H63N3O3/c1-37(2,3)28-13-10-16-31(22-28)40-34(43)25-19-26(35(44)41-32-17-11-14-29(23-32)38(4,5)6)21-27(20-25)36(45)42-33-18-12-15-30(24-33)39(7,8)9/h19-21,28-33H,10-18,22-24H2,1-9H3,(H,40,43)(H,41,44)(H,42,45). The average molecular weight is 622 g/mol. The molecule has 3 saturated carbocycles. The molecule has 1 aromatic rings.